The fraction of sp³-hybridized carbons (Fsp3) is 0.576. The first-order valence-corrected chi connectivity index (χ1v) is 15.3. The number of hydrogen-bond donors (Lipinski definition) is 0. The van der Waals surface area contributed by atoms with Crippen molar-refractivity contribution in [1.29, 1.82) is 5.26 Å². The number of aromatic nitrogens is 2. The van der Waals surface area contributed by atoms with E-state index in [-0.39, 0.29) is 18.4 Å². The van der Waals surface area contributed by atoms with Gasteiger partial charge in [0.25, 0.3) is 0 Å². The van der Waals surface area contributed by atoms with Gasteiger partial charge in [-0.3, -0.25) is 4.79 Å². The number of likely N-dealkylation sites (tertiary alicyclic amines) is 1. The SMILES string of the molecule is C=CC(=O)N1CCN(c2nc(OCC3CCCN3C)nc(C[C@H]3CCc4cc(C)ccc4C3)c2CC)CC1CC#N. The van der Waals surface area contributed by atoms with Crippen molar-refractivity contribution in [3.8, 4) is 12.1 Å². The maximum absolute atomic E-state index is 12.5. The summed E-state index contributed by atoms with van der Waals surface area (Å²) < 4.78 is 6.32. The fourth-order valence-corrected chi connectivity index (χ4v) is 6.85. The lowest BCUT2D eigenvalue weighted by Crippen LogP contribution is -2.55. The number of carbonyl (C=O) groups excluding carboxylic acids is 1. The number of amides is 1. The molecule has 1 aromatic heterocycles. The van der Waals surface area contributed by atoms with Crippen LogP contribution in [0.3, 0.4) is 0 Å². The molecule has 0 radical (unpaired) electrons. The van der Waals surface area contributed by atoms with Crippen LogP contribution in [0.2, 0.25) is 0 Å². The average molecular weight is 557 g/mol. The Kier molecular flexibility index (Phi) is 9.24. The molecule has 3 heterocycles. The standard InChI is InChI=1S/C33H44N6O2/c1-5-29-30(20-24-10-12-25-18-23(3)9-11-26(25)19-24)35-33(41-22-28-8-7-15-37(28)4)36-32(29)38-16-17-39(31(40)6-2)27(21-38)13-14-34/h6,9,11,18,24,27-28H,2,5,7-8,10,12-13,15-17,19-22H2,1,3-4H3/t24-,27?,28?/m0/s1. The maximum Gasteiger partial charge on any atom is 0.318 e. The Labute approximate surface area is 245 Å². The number of rotatable bonds is 9. The molecule has 218 valence electrons. The zero-order valence-corrected chi connectivity index (χ0v) is 24.9. The molecular formula is C33H44N6O2. The summed E-state index contributed by atoms with van der Waals surface area (Å²) >= 11 is 0. The largest absolute Gasteiger partial charge is 0.462 e. The van der Waals surface area contributed by atoms with Crippen molar-refractivity contribution in [3.63, 3.8) is 0 Å². The Balaban J connectivity index is 1.44. The number of hydrogen-bond acceptors (Lipinski definition) is 7. The molecule has 1 aromatic carbocycles. The van der Waals surface area contributed by atoms with Gasteiger partial charge < -0.3 is 19.4 Å². The minimum Gasteiger partial charge on any atom is -0.462 e. The van der Waals surface area contributed by atoms with Crippen molar-refractivity contribution in [2.45, 2.75) is 77.3 Å². The van der Waals surface area contributed by atoms with E-state index in [9.17, 15) is 10.1 Å². The van der Waals surface area contributed by atoms with Crippen molar-refractivity contribution in [2.24, 2.45) is 5.92 Å². The highest BCUT2D eigenvalue weighted by molar-refractivity contribution is 5.87. The molecule has 5 rings (SSSR count). The van der Waals surface area contributed by atoms with E-state index in [0.717, 1.165) is 62.1 Å². The summed E-state index contributed by atoms with van der Waals surface area (Å²) in [7, 11) is 2.15. The predicted octanol–water partition coefficient (Wildman–Crippen LogP) is 4.28. The second kappa shape index (κ2) is 13.0. The Hall–Kier alpha value is -3.44. The number of carbonyl (C=O) groups is 1. The van der Waals surface area contributed by atoms with E-state index >= 15 is 0 Å². The van der Waals surface area contributed by atoms with E-state index in [1.165, 1.54) is 29.2 Å². The van der Waals surface area contributed by atoms with Crippen LogP contribution in [-0.2, 0) is 30.5 Å². The molecule has 8 heteroatoms. The summed E-state index contributed by atoms with van der Waals surface area (Å²) in [6, 6.07) is 9.75. The van der Waals surface area contributed by atoms with Crippen LogP contribution < -0.4 is 9.64 Å². The first kappa shape index (κ1) is 29.1. The van der Waals surface area contributed by atoms with Gasteiger partial charge in [0.1, 0.15) is 12.4 Å². The second-order valence-electron chi connectivity index (χ2n) is 12.0. The highest BCUT2D eigenvalue weighted by Gasteiger charge is 2.32. The first-order chi connectivity index (χ1) is 19.9. The van der Waals surface area contributed by atoms with E-state index in [1.807, 2.05) is 0 Å². The molecule has 41 heavy (non-hydrogen) atoms. The molecule has 2 unspecified atom stereocenters. The molecule has 0 N–H and O–H groups in total. The number of nitriles is 1. The summed E-state index contributed by atoms with van der Waals surface area (Å²) in [5.41, 5.74) is 6.51. The lowest BCUT2D eigenvalue weighted by atomic mass is 9.80. The molecule has 2 aromatic rings. The van der Waals surface area contributed by atoms with Crippen molar-refractivity contribution in [2.75, 3.05) is 44.7 Å². The number of benzene rings is 1. The maximum atomic E-state index is 12.5. The molecule has 2 fully saturated rings. The highest BCUT2D eigenvalue weighted by Crippen LogP contribution is 2.33. The van der Waals surface area contributed by atoms with Crippen LogP contribution in [0.5, 0.6) is 6.01 Å². The van der Waals surface area contributed by atoms with Crippen LogP contribution in [0.15, 0.2) is 30.9 Å². The molecule has 8 nitrogen and oxygen atoms in total. The molecular weight excluding hydrogens is 512 g/mol. The Morgan fingerprint density at radius 1 is 1.20 bits per heavy atom. The van der Waals surface area contributed by atoms with Gasteiger partial charge in [-0.05, 0) is 88.6 Å². The van der Waals surface area contributed by atoms with E-state index in [2.05, 4.69) is 61.5 Å². The van der Waals surface area contributed by atoms with Crippen molar-refractivity contribution in [3.05, 3.63) is 58.8 Å². The predicted molar refractivity (Wildman–Crippen MR) is 161 cm³/mol. The number of ether oxygens (including phenoxy) is 1. The normalized spacial score (nSPS) is 22.7. The van der Waals surface area contributed by atoms with Crippen LogP contribution in [0.4, 0.5) is 5.82 Å². The van der Waals surface area contributed by atoms with Crippen LogP contribution in [0.25, 0.3) is 0 Å². The average Bonchev–Trinajstić information content (AvgIpc) is 3.40. The lowest BCUT2D eigenvalue weighted by molar-refractivity contribution is -0.128. The lowest BCUT2D eigenvalue weighted by Gasteiger charge is -2.41. The molecule has 3 aliphatic rings. The van der Waals surface area contributed by atoms with Gasteiger partial charge in [0.2, 0.25) is 5.91 Å². The third kappa shape index (κ3) is 6.56. The van der Waals surface area contributed by atoms with Crippen molar-refractivity contribution in [1.82, 2.24) is 19.8 Å². The molecule has 3 atom stereocenters. The number of aryl methyl sites for hydroxylation is 2. The zero-order valence-electron chi connectivity index (χ0n) is 24.9. The monoisotopic (exact) mass is 556 g/mol. The summed E-state index contributed by atoms with van der Waals surface area (Å²) in [4.78, 5) is 28.9. The topological polar surface area (TPSA) is 85.6 Å². The third-order valence-electron chi connectivity index (χ3n) is 9.22. The molecule has 2 saturated heterocycles. The number of anilines is 1. The number of piperazine rings is 1. The molecule has 0 saturated carbocycles. The molecule has 0 spiro atoms. The minimum absolute atomic E-state index is 0.124. The van der Waals surface area contributed by atoms with Crippen molar-refractivity contribution < 1.29 is 9.53 Å². The summed E-state index contributed by atoms with van der Waals surface area (Å²) in [6.45, 7) is 11.4. The van der Waals surface area contributed by atoms with Crippen LogP contribution in [-0.4, -0.2) is 77.6 Å². The fourth-order valence-electron chi connectivity index (χ4n) is 6.85. The zero-order chi connectivity index (χ0) is 28.9. The summed E-state index contributed by atoms with van der Waals surface area (Å²) in [6.07, 6.45) is 8.95. The van der Waals surface area contributed by atoms with Gasteiger partial charge in [0, 0.05) is 31.2 Å². The van der Waals surface area contributed by atoms with E-state index < -0.39 is 0 Å². The van der Waals surface area contributed by atoms with Crippen molar-refractivity contribution >= 4 is 11.7 Å². The molecule has 1 amide bonds. The summed E-state index contributed by atoms with van der Waals surface area (Å²) in [5.74, 6) is 1.29. The van der Waals surface area contributed by atoms with Crippen LogP contribution in [0.1, 0.15) is 60.6 Å². The number of nitrogens with zero attached hydrogens (tertiary/aromatic N) is 6. The Morgan fingerprint density at radius 3 is 2.78 bits per heavy atom. The van der Waals surface area contributed by atoms with Gasteiger partial charge in [0.15, 0.2) is 0 Å². The number of fused-ring (bicyclic) bond motifs is 1. The van der Waals surface area contributed by atoms with Crippen LogP contribution in [0, 0.1) is 24.2 Å². The second-order valence-corrected chi connectivity index (χ2v) is 12.0. The van der Waals surface area contributed by atoms with Gasteiger partial charge in [-0.15, -0.1) is 0 Å². The van der Waals surface area contributed by atoms with Gasteiger partial charge in [-0.25, -0.2) is 0 Å². The summed E-state index contributed by atoms with van der Waals surface area (Å²) in [5, 5.41) is 9.52. The van der Waals surface area contributed by atoms with Gasteiger partial charge in [-0.1, -0.05) is 37.3 Å². The molecule has 0 bridgehead atoms. The van der Waals surface area contributed by atoms with E-state index in [0.29, 0.717) is 44.2 Å². The Bertz CT molecular complexity index is 1300. The molecule has 2 aliphatic heterocycles. The molecule has 1 aliphatic carbocycles. The smallest absolute Gasteiger partial charge is 0.318 e. The number of likely N-dealkylation sites (N-methyl/N-ethyl adjacent to an activating group) is 1. The highest BCUT2D eigenvalue weighted by atomic mass is 16.5. The van der Waals surface area contributed by atoms with E-state index in [1.54, 1.807) is 4.90 Å². The van der Waals surface area contributed by atoms with Gasteiger partial charge >= 0.3 is 6.01 Å². The minimum atomic E-state index is -0.211. The Morgan fingerprint density at radius 2 is 2.05 bits per heavy atom. The third-order valence-corrected chi connectivity index (χ3v) is 9.22. The van der Waals surface area contributed by atoms with Gasteiger partial charge in [-0.2, -0.15) is 15.2 Å². The van der Waals surface area contributed by atoms with Crippen LogP contribution >= 0.6 is 0 Å². The van der Waals surface area contributed by atoms with Gasteiger partial charge in [0.05, 0.1) is 24.2 Å². The van der Waals surface area contributed by atoms with E-state index in [4.69, 9.17) is 14.7 Å². The quantitative estimate of drug-likeness (QED) is 0.426. The first-order valence-electron chi connectivity index (χ1n) is 15.3.